The van der Waals surface area contributed by atoms with E-state index in [0.717, 1.165) is 19.8 Å². The van der Waals surface area contributed by atoms with Crippen LogP contribution < -0.4 is 11.1 Å². The minimum Gasteiger partial charge on any atom is -0.480 e. The third-order valence-electron chi connectivity index (χ3n) is 7.18. The van der Waals surface area contributed by atoms with Crippen LogP contribution in [0, 0.1) is 11.3 Å². The summed E-state index contributed by atoms with van der Waals surface area (Å²) in [7, 11) is 0. The lowest BCUT2D eigenvalue weighted by molar-refractivity contribution is -0.160. The second kappa shape index (κ2) is 14.6. The lowest BCUT2D eigenvalue weighted by atomic mass is 9.74. The van der Waals surface area contributed by atoms with Crippen molar-refractivity contribution >= 4 is 17.8 Å². The van der Waals surface area contributed by atoms with Gasteiger partial charge in [-0.15, -0.1) is 0 Å². The van der Waals surface area contributed by atoms with Gasteiger partial charge in [0.15, 0.2) is 5.54 Å². The van der Waals surface area contributed by atoms with Gasteiger partial charge in [0.1, 0.15) is 5.54 Å². The van der Waals surface area contributed by atoms with E-state index >= 15 is 0 Å². The predicted molar refractivity (Wildman–Crippen MR) is 133 cm³/mol. The molecular weight excluding hydrogens is 420 g/mol. The molecule has 0 aliphatic rings. The summed E-state index contributed by atoms with van der Waals surface area (Å²) in [5.41, 5.74) is 1.69. The summed E-state index contributed by atoms with van der Waals surface area (Å²) in [4.78, 5) is 36.3. The molecular formula is C26H50N2O5. The number of amides is 1. The first-order chi connectivity index (χ1) is 15.3. The summed E-state index contributed by atoms with van der Waals surface area (Å²) in [6.45, 7) is 11.4. The highest BCUT2D eigenvalue weighted by molar-refractivity contribution is 5.96. The van der Waals surface area contributed by atoms with Crippen LogP contribution >= 0.6 is 0 Å². The zero-order valence-electron chi connectivity index (χ0n) is 22.0. The van der Waals surface area contributed by atoms with Gasteiger partial charge in [-0.1, -0.05) is 92.4 Å². The Morgan fingerprint density at radius 1 is 0.788 bits per heavy atom. The Hall–Kier alpha value is -1.63. The van der Waals surface area contributed by atoms with E-state index in [1.54, 1.807) is 0 Å². The average Bonchev–Trinajstić information content (AvgIpc) is 2.71. The van der Waals surface area contributed by atoms with Crippen molar-refractivity contribution in [1.29, 1.82) is 0 Å². The van der Waals surface area contributed by atoms with Crippen LogP contribution in [0.5, 0.6) is 0 Å². The number of carbonyl (C=O) groups excluding carboxylic acids is 1. The fourth-order valence-electron chi connectivity index (χ4n) is 4.51. The van der Waals surface area contributed by atoms with Crippen LogP contribution in [0.3, 0.4) is 0 Å². The molecule has 194 valence electrons. The number of carboxylic acid groups (broad SMARTS) is 2. The number of carbonyl (C=O) groups is 3. The number of unbranched alkanes of at least 4 members (excludes halogenated alkanes) is 8. The largest absolute Gasteiger partial charge is 0.480 e. The molecule has 3 unspecified atom stereocenters. The van der Waals surface area contributed by atoms with Gasteiger partial charge in [-0.05, 0) is 37.5 Å². The molecule has 0 bridgehead atoms. The Bertz CT molecular complexity index is 612. The first-order valence-corrected chi connectivity index (χ1v) is 12.8. The SMILES string of the molecule is CCCCCCCCCCCC(CCC(=O)NC(CC)(C(=O)O)C(C)(N)C(=O)O)C(C)(C)C. The van der Waals surface area contributed by atoms with Crippen molar-refractivity contribution < 1.29 is 24.6 Å². The first kappa shape index (κ1) is 31.4. The smallest absolute Gasteiger partial charge is 0.331 e. The molecule has 0 aliphatic carbocycles. The van der Waals surface area contributed by atoms with Crippen LogP contribution in [0.2, 0.25) is 0 Å². The Morgan fingerprint density at radius 3 is 1.67 bits per heavy atom. The van der Waals surface area contributed by atoms with Crippen molar-refractivity contribution in [1.82, 2.24) is 5.32 Å². The van der Waals surface area contributed by atoms with E-state index in [0.29, 0.717) is 12.3 Å². The van der Waals surface area contributed by atoms with Gasteiger partial charge >= 0.3 is 11.9 Å². The van der Waals surface area contributed by atoms with Crippen LogP contribution in [-0.2, 0) is 14.4 Å². The van der Waals surface area contributed by atoms with Crippen LogP contribution in [0.25, 0.3) is 0 Å². The lowest BCUT2D eigenvalue weighted by Crippen LogP contribution is -2.74. The maximum absolute atomic E-state index is 12.7. The number of rotatable bonds is 18. The average molecular weight is 471 g/mol. The van der Waals surface area contributed by atoms with E-state index in [1.807, 2.05) is 0 Å². The van der Waals surface area contributed by atoms with Gasteiger partial charge in [0.2, 0.25) is 5.91 Å². The molecule has 0 saturated heterocycles. The Labute approximate surface area is 201 Å². The number of nitrogens with two attached hydrogens (primary N) is 1. The van der Waals surface area contributed by atoms with E-state index in [9.17, 15) is 24.6 Å². The molecule has 33 heavy (non-hydrogen) atoms. The zero-order chi connectivity index (χ0) is 25.7. The second-order valence-corrected chi connectivity index (χ2v) is 10.8. The molecule has 0 aromatic heterocycles. The molecule has 3 atom stereocenters. The highest BCUT2D eigenvalue weighted by Gasteiger charge is 2.56. The predicted octanol–water partition coefficient (Wildman–Crippen LogP) is 5.50. The Morgan fingerprint density at radius 2 is 1.27 bits per heavy atom. The molecule has 0 saturated carbocycles. The summed E-state index contributed by atoms with van der Waals surface area (Å²) in [5.74, 6) is -3.06. The normalized spacial score (nSPS) is 16.5. The number of hydrogen-bond donors (Lipinski definition) is 4. The fraction of sp³-hybridized carbons (Fsp3) is 0.885. The Balaban J connectivity index is 4.80. The molecule has 0 aromatic carbocycles. The third kappa shape index (κ3) is 10.0. The van der Waals surface area contributed by atoms with E-state index in [4.69, 9.17) is 5.73 Å². The van der Waals surface area contributed by atoms with Crippen LogP contribution in [-0.4, -0.2) is 39.1 Å². The minimum atomic E-state index is -2.14. The minimum absolute atomic E-state index is 0.0263. The quantitative estimate of drug-likeness (QED) is 0.196. The molecule has 5 N–H and O–H groups in total. The summed E-state index contributed by atoms with van der Waals surface area (Å²) >= 11 is 0. The highest BCUT2D eigenvalue weighted by atomic mass is 16.4. The van der Waals surface area contributed by atoms with Crippen molar-refractivity contribution in [2.24, 2.45) is 17.1 Å². The summed E-state index contributed by atoms with van der Waals surface area (Å²) < 4.78 is 0. The van der Waals surface area contributed by atoms with Gasteiger partial charge in [0.25, 0.3) is 0 Å². The van der Waals surface area contributed by atoms with Crippen molar-refractivity contribution in [3.8, 4) is 0 Å². The number of hydrogen-bond acceptors (Lipinski definition) is 4. The van der Waals surface area contributed by atoms with Gasteiger partial charge in [0, 0.05) is 6.42 Å². The zero-order valence-corrected chi connectivity index (χ0v) is 22.0. The Kier molecular flexibility index (Phi) is 13.9. The number of aliphatic carboxylic acids is 2. The lowest BCUT2D eigenvalue weighted by Gasteiger charge is -2.40. The molecule has 0 radical (unpaired) electrons. The van der Waals surface area contributed by atoms with Crippen LogP contribution in [0.1, 0.15) is 125 Å². The summed E-state index contributed by atoms with van der Waals surface area (Å²) in [6.07, 6.45) is 13.1. The van der Waals surface area contributed by atoms with Crippen molar-refractivity contribution in [3.63, 3.8) is 0 Å². The van der Waals surface area contributed by atoms with E-state index in [2.05, 4.69) is 33.0 Å². The number of nitrogens with one attached hydrogen (secondary N) is 1. The van der Waals surface area contributed by atoms with Crippen molar-refractivity contribution in [2.45, 2.75) is 136 Å². The maximum Gasteiger partial charge on any atom is 0.331 e. The molecule has 7 heteroatoms. The molecule has 0 rings (SSSR count). The molecule has 7 nitrogen and oxygen atoms in total. The summed E-state index contributed by atoms with van der Waals surface area (Å²) in [5, 5.41) is 21.7. The van der Waals surface area contributed by atoms with Gasteiger partial charge < -0.3 is 21.3 Å². The van der Waals surface area contributed by atoms with Gasteiger partial charge in [-0.2, -0.15) is 0 Å². The molecule has 0 spiro atoms. The molecule has 1 amide bonds. The molecule has 0 heterocycles. The van der Waals surface area contributed by atoms with Crippen molar-refractivity contribution in [3.05, 3.63) is 0 Å². The van der Waals surface area contributed by atoms with E-state index in [-0.39, 0.29) is 18.3 Å². The standard InChI is InChI=1S/C26H50N2O5/c1-7-9-10-11-12-13-14-15-16-17-20(24(3,4)5)18-19-21(29)28-26(8-2,23(32)33)25(6,27)22(30)31/h20H,7-19,27H2,1-6H3,(H,28,29)(H,30,31)(H,32,33). The highest BCUT2D eigenvalue weighted by Crippen LogP contribution is 2.34. The number of carboxylic acids is 2. The third-order valence-corrected chi connectivity index (χ3v) is 7.18. The van der Waals surface area contributed by atoms with Crippen LogP contribution in [0.4, 0.5) is 0 Å². The molecule has 0 aromatic rings. The van der Waals surface area contributed by atoms with Gasteiger partial charge in [0.05, 0.1) is 0 Å². The fourth-order valence-corrected chi connectivity index (χ4v) is 4.51. The van der Waals surface area contributed by atoms with Gasteiger partial charge in [-0.25, -0.2) is 4.79 Å². The second-order valence-electron chi connectivity index (χ2n) is 10.8. The van der Waals surface area contributed by atoms with Crippen LogP contribution in [0.15, 0.2) is 0 Å². The van der Waals surface area contributed by atoms with Gasteiger partial charge in [-0.3, -0.25) is 9.59 Å². The molecule has 0 aliphatic heterocycles. The first-order valence-electron chi connectivity index (χ1n) is 12.8. The van der Waals surface area contributed by atoms with E-state index in [1.165, 1.54) is 58.3 Å². The maximum atomic E-state index is 12.7. The van der Waals surface area contributed by atoms with E-state index < -0.39 is 28.9 Å². The monoisotopic (exact) mass is 470 g/mol. The summed E-state index contributed by atoms with van der Waals surface area (Å²) in [6, 6.07) is 0. The van der Waals surface area contributed by atoms with Crippen molar-refractivity contribution in [2.75, 3.05) is 0 Å². The topological polar surface area (TPSA) is 130 Å². The molecule has 0 fully saturated rings.